The van der Waals surface area contributed by atoms with Crippen molar-refractivity contribution in [3.05, 3.63) is 162 Å². The smallest absolute Gasteiger partial charge is 0.193 e. The molecule has 0 aliphatic carbocycles. The van der Waals surface area contributed by atoms with E-state index in [0.717, 1.165) is 52.2 Å². The summed E-state index contributed by atoms with van der Waals surface area (Å²) in [6.45, 7) is 6.21. The van der Waals surface area contributed by atoms with Crippen LogP contribution in [0, 0.1) is 0 Å². The molecule has 5 aromatic carbocycles. The van der Waals surface area contributed by atoms with Gasteiger partial charge in [0.2, 0.25) is 0 Å². The van der Waals surface area contributed by atoms with Crippen molar-refractivity contribution in [3.8, 4) is 11.1 Å². The van der Waals surface area contributed by atoms with Gasteiger partial charge in [-0.2, -0.15) is 0 Å². The molecule has 0 heterocycles. The second kappa shape index (κ2) is 13.7. The molecule has 0 aliphatic rings. The van der Waals surface area contributed by atoms with Crippen molar-refractivity contribution in [3.63, 3.8) is 0 Å². The summed E-state index contributed by atoms with van der Waals surface area (Å²) in [7, 11) is 0. The average Bonchev–Trinajstić information content (AvgIpc) is 3.03. The van der Waals surface area contributed by atoms with E-state index >= 15 is 0 Å². The highest BCUT2D eigenvalue weighted by atomic mass is 16.1. The first kappa shape index (κ1) is 27.3. The number of hydrogen-bond donors (Lipinski definition) is 0. The van der Waals surface area contributed by atoms with Gasteiger partial charge >= 0.3 is 0 Å². The fourth-order valence-electron chi connectivity index (χ4n) is 4.46. The Kier molecular flexibility index (Phi) is 9.57. The van der Waals surface area contributed by atoms with E-state index in [0.29, 0.717) is 0 Å². The normalized spacial score (nSPS) is 10.2. The van der Waals surface area contributed by atoms with E-state index in [4.69, 9.17) is 0 Å². The van der Waals surface area contributed by atoms with Crippen LogP contribution in [0.5, 0.6) is 0 Å². The molecule has 0 aromatic heterocycles. The van der Waals surface area contributed by atoms with Crippen molar-refractivity contribution in [1.29, 1.82) is 0 Å². The Balaban J connectivity index is 0.000000181. The Morgan fingerprint density at radius 2 is 0.923 bits per heavy atom. The van der Waals surface area contributed by atoms with Crippen molar-refractivity contribution in [2.45, 2.75) is 13.8 Å². The lowest BCUT2D eigenvalue weighted by Crippen LogP contribution is -2.21. The highest BCUT2D eigenvalue weighted by Crippen LogP contribution is 2.25. The minimum atomic E-state index is 0.0602. The van der Waals surface area contributed by atoms with Gasteiger partial charge < -0.3 is 4.90 Å². The summed E-state index contributed by atoms with van der Waals surface area (Å²) in [6, 6.07) is 44.4. The monoisotopic (exact) mass is 511 g/mol. The number of rotatable bonds is 8. The van der Waals surface area contributed by atoms with Gasteiger partial charge in [0.05, 0.1) is 0 Å². The molecule has 0 saturated carbocycles. The Hall–Kier alpha value is -4.76. The average molecular weight is 512 g/mol. The van der Waals surface area contributed by atoms with Crippen molar-refractivity contribution < 1.29 is 9.59 Å². The number of ketones is 2. The van der Waals surface area contributed by atoms with Gasteiger partial charge in [-0.3, -0.25) is 9.59 Å². The zero-order chi connectivity index (χ0) is 27.5. The third-order valence-corrected chi connectivity index (χ3v) is 6.59. The predicted octanol–water partition coefficient (Wildman–Crippen LogP) is 8.35. The van der Waals surface area contributed by atoms with E-state index in [2.05, 4.69) is 18.7 Å². The van der Waals surface area contributed by atoms with Gasteiger partial charge in [-0.25, -0.2) is 0 Å². The molecule has 0 atom stereocenters. The lowest BCUT2D eigenvalue weighted by Gasteiger charge is -2.21. The standard InChI is InChI=1S/C19H14O.C17H19NO/c20-19(16-11-5-2-6-12-16)18-14-8-7-13-17(18)15-9-3-1-4-10-15;1-3-18(4-2)16-12-10-15(11-13-16)17(19)14-8-6-5-7-9-14/h1-14H;5-13H,3-4H2,1-2H3. The third-order valence-electron chi connectivity index (χ3n) is 6.59. The molecule has 5 aromatic rings. The number of carbonyl (C=O) groups excluding carboxylic acids is 2. The summed E-state index contributed by atoms with van der Waals surface area (Å²) in [5.41, 5.74) is 6.13. The SMILES string of the molecule is CCN(CC)c1ccc(C(=O)c2ccccc2)cc1.O=C(c1ccccc1)c1ccccc1-c1ccccc1. The second-order valence-corrected chi connectivity index (χ2v) is 9.02. The molecule has 0 aliphatic heterocycles. The van der Waals surface area contributed by atoms with E-state index in [9.17, 15) is 9.59 Å². The molecule has 3 nitrogen and oxygen atoms in total. The number of nitrogens with zero attached hydrogens (tertiary/aromatic N) is 1. The Bertz CT molecular complexity index is 1470. The summed E-state index contributed by atoms with van der Waals surface area (Å²) in [4.78, 5) is 27.2. The zero-order valence-corrected chi connectivity index (χ0v) is 22.5. The zero-order valence-electron chi connectivity index (χ0n) is 22.5. The van der Waals surface area contributed by atoms with Gasteiger partial charge in [0, 0.05) is 41.0 Å². The summed E-state index contributed by atoms with van der Waals surface area (Å²) in [5, 5.41) is 0. The molecule has 0 radical (unpaired) electrons. The summed E-state index contributed by atoms with van der Waals surface area (Å²) in [6.07, 6.45) is 0. The van der Waals surface area contributed by atoms with E-state index < -0.39 is 0 Å². The van der Waals surface area contributed by atoms with Gasteiger partial charge in [0.25, 0.3) is 0 Å². The van der Waals surface area contributed by atoms with Crippen molar-refractivity contribution >= 4 is 17.3 Å². The predicted molar refractivity (Wildman–Crippen MR) is 162 cm³/mol. The van der Waals surface area contributed by atoms with Crippen LogP contribution in [0.4, 0.5) is 5.69 Å². The molecule has 194 valence electrons. The summed E-state index contributed by atoms with van der Waals surface area (Å²) < 4.78 is 0. The van der Waals surface area contributed by atoms with E-state index in [1.807, 2.05) is 140 Å². The molecule has 0 spiro atoms. The van der Waals surface area contributed by atoms with Crippen LogP contribution in [-0.4, -0.2) is 24.7 Å². The van der Waals surface area contributed by atoms with Crippen LogP contribution in [0.3, 0.4) is 0 Å². The maximum atomic E-state index is 12.6. The molecule has 0 amide bonds. The fraction of sp³-hybridized carbons (Fsp3) is 0.111. The first-order valence-electron chi connectivity index (χ1n) is 13.3. The Labute approximate surface area is 231 Å². The van der Waals surface area contributed by atoms with Crippen molar-refractivity contribution in [1.82, 2.24) is 0 Å². The van der Waals surface area contributed by atoms with Crippen LogP contribution in [0.25, 0.3) is 11.1 Å². The van der Waals surface area contributed by atoms with Crippen molar-refractivity contribution in [2.24, 2.45) is 0 Å². The number of anilines is 1. The molecular weight excluding hydrogens is 478 g/mol. The molecule has 0 N–H and O–H groups in total. The van der Waals surface area contributed by atoms with Gasteiger partial charge in [-0.15, -0.1) is 0 Å². The molecule has 5 rings (SSSR count). The minimum Gasteiger partial charge on any atom is -0.372 e. The molecule has 0 fully saturated rings. The molecule has 0 unspecified atom stereocenters. The number of benzene rings is 5. The van der Waals surface area contributed by atoms with Crippen LogP contribution in [0.15, 0.2) is 140 Å². The van der Waals surface area contributed by atoms with Gasteiger partial charge in [-0.05, 0) is 49.2 Å². The summed E-state index contributed by atoms with van der Waals surface area (Å²) >= 11 is 0. The Morgan fingerprint density at radius 3 is 1.46 bits per heavy atom. The maximum Gasteiger partial charge on any atom is 0.193 e. The highest BCUT2D eigenvalue weighted by Gasteiger charge is 2.13. The largest absolute Gasteiger partial charge is 0.372 e. The Morgan fingerprint density at radius 1 is 0.487 bits per heavy atom. The topological polar surface area (TPSA) is 37.4 Å². The summed E-state index contributed by atoms with van der Waals surface area (Å²) in [5.74, 6) is 0.136. The van der Waals surface area contributed by atoms with Crippen LogP contribution < -0.4 is 4.90 Å². The van der Waals surface area contributed by atoms with Crippen LogP contribution in [0.2, 0.25) is 0 Å². The first-order chi connectivity index (χ1) is 19.1. The fourth-order valence-corrected chi connectivity index (χ4v) is 4.46. The van der Waals surface area contributed by atoms with Gasteiger partial charge in [0.15, 0.2) is 11.6 Å². The third kappa shape index (κ3) is 6.97. The first-order valence-corrected chi connectivity index (χ1v) is 13.3. The molecule has 0 saturated heterocycles. The van der Waals surface area contributed by atoms with Gasteiger partial charge in [0.1, 0.15) is 0 Å². The second-order valence-electron chi connectivity index (χ2n) is 9.02. The number of carbonyl (C=O) groups is 2. The minimum absolute atomic E-state index is 0.0602. The van der Waals surface area contributed by atoms with Crippen LogP contribution in [0.1, 0.15) is 45.7 Å². The van der Waals surface area contributed by atoms with E-state index in [-0.39, 0.29) is 11.6 Å². The molecule has 0 bridgehead atoms. The lowest BCUT2D eigenvalue weighted by molar-refractivity contribution is 0.103. The molecule has 39 heavy (non-hydrogen) atoms. The number of hydrogen-bond acceptors (Lipinski definition) is 3. The van der Waals surface area contributed by atoms with Crippen LogP contribution in [-0.2, 0) is 0 Å². The quantitative estimate of drug-likeness (QED) is 0.196. The molecular formula is C36H33NO2. The molecule has 3 heteroatoms. The van der Waals surface area contributed by atoms with Crippen LogP contribution >= 0.6 is 0 Å². The highest BCUT2D eigenvalue weighted by molar-refractivity contribution is 6.12. The van der Waals surface area contributed by atoms with Gasteiger partial charge in [-0.1, -0.05) is 115 Å². The maximum absolute atomic E-state index is 12.6. The van der Waals surface area contributed by atoms with E-state index in [1.165, 1.54) is 0 Å². The lowest BCUT2D eigenvalue weighted by atomic mass is 9.94. The van der Waals surface area contributed by atoms with E-state index in [1.54, 1.807) is 0 Å². The van der Waals surface area contributed by atoms with Crippen molar-refractivity contribution in [2.75, 3.05) is 18.0 Å².